The molecule has 0 bridgehead atoms. The van der Waals surface area contributed by atoms with Crippen molar-refractivity contribution < 1.29 is 13.2 Å². The molecule has 114 valence electrons. The molecule has 0 aliphatic heterocycles. The van der Waals surface area contributed by atoms with Gasteiger partial charge in [0.2, 0.25) is 10.0 Å². The fourth-order valence-corrected chi connectivity index (χ4v) is 2.65. The van der Waals surface area contributed by atoms with E-state index >= 15 is 0 Å². The summed E-state index contributed by atoms with van der Waals surface area (Å²) in [5, 5.41) is 0. The molecule has 2 aromatic rings. The van der Waals surface area contributed by atoms with Crippen LogP contribution in [0.25, 0.3) is 6.08 Å². The van der Waals surface area contributed by atoms with Crippen LogP contribution in [0, 0.1) is 0 Å². The topological polar surface area (TPSA) is 67.3 Å². The molecule has 0 saturated carbocycles. The van der Waals surface area contributed by atoms with Crippen molar-refractivity contribution in [1.82, 2.24) is 9.29 Å². The molecular weight excluding hydrogens is 300 g/mol. The van der Waals surface area contributed by atoms with Gasteiger partial charge in [-0.05, 0) is 48.0 Å². The van der Waals surface area contributed by atoms with Crippen LogP contribution in [0.1, 0.15) is 15.9 Å². The van der Waals surface area contributed by atoms with Gasteiger partial charge >= 0.3 is 0 Å². The van der Waals surface area contributed by atoms with Gasteiger partial charge in [-0.3, -0.25) is 9.78 Å². The molecule has 0 saturated heterocycles. The zero-order valence-electron chi connectivity index (χ0n) is 12.3. The van der Waals surface area contributed by atoms with Crippen LogP contribution in [0.3, 0.4) is 0 Å². The lowest BCUT2D eigenvalue weighted by molar-refractivity contribution is 0.104. The van der Waals surface area contributed by atoms with Crippen LogP contribution in [0.15, 0.2) is 59.8 Å². The number of carbonyl (C=O) groups is 1. The number of hydrogen-bond donors (Lipinski definition) is 0. The van der Waals surface area contributed by atoms with Crippen LogP contribution >= 0.6 is 0 Å². The molecule has 0 aliphatic carbocycles. The highest BCUT2D eigenvalue weighted by Gasteiger charge is 2.17. The van der Waals surface area contributed by atoms with E-state index in [2.05, 4.69) is 4.98 Å². The highest BCUT2D eigenvalue weighted by Crippen LogP contribution is 2.14. The summed E-state index contributed by atoms with van der Waals surface area (Å²) in [6, 6.07) is 9.49. The second kappa shape index (κ2) is 6.64. The molecule has 0 fully saturated rings. The number of benzene rings is 1. The Bertz CT molecular complexity index is 780. The smallest absolute Gasteiger partial charge is 0.242 e. The third-order valence-electron chi connectivity index (χ3n) is 3.03. The zero-order chi connectivity index (χ0) is 16.2. The minimum Gasteiger partial charge on any atom is -0.289 e. The van der Waals surface area contributed by atoms with Gasteiger partial charge in [-0.1, -0.05) is 6.07 Å². The molecule has 6 heteroatoms. The number of nitrogens with zero attached hydrogens (tertiary/aromatic N) is 2. The summed E-state index contributed by atoms with van der Waals surface area (Å²) in [5.41, 5.74) is 1.25. The molecule has 0 unspecified atom stereocenters. The van der Waals surface area contributed by atoms with E-state index in [1.807, 2.05) is 6.07 Å². The Hall–Kier alpha value is -2.31. The molecule has 1 aromatic heterocycles. The molecule has 0 amide bonds. The Morgan fingerprint density at radius 1 is 1.14 bits per heavy atom. The van der Waals surface area contributed by atoms with Gasteiger partial charge in [0, 0.05) is 32.1 Å². The van der Waals surface area contributed by atoms with Gasteiger partial charge < -0.3 is 0 Å². The molecule has 5 nitrogen and oxygen atoms in total. The number of rotatable bonds is 5. The van der Waals surface area contributed by atoms with Crippen LogP contribution < -0.4 is 0 Å². The fourth-order valence-electron chi connectivity index (χ4n) is 1.74. The van der Waals surface area contributed by atoms with Gasteiger partial charge in [0.1, 0.15) is 0 Å². The van der Waals surface area contributed by atoms with Crippen molar-refractivity contribution >= 4 is 21.9 Å². The highest BCUT2D eigenvalue weighted by atomic mass is 32.2. The Labute approximate surface area is 130 Å². The summed E-state index contributed by atoms with van der Waals surface area (Å²) < 4.78 is 25.0. The van der Waals surface area contributed by atoms with Gasteiger partial charge in [-0.25, -0.2) is 12.7 Å². The maximum atomic E-state index is 12.0. The molecule has 0 N–H and O–H groups in total. The lowest BCUT2D eigenvalue weighted by Gasteiger charge is -2.11. The lowest BCUT2D eigenvalue weighted by Crippen LogP contribution is -2.22. The van der Waals surface area contributed by atoms with Gasteiger partial charge in [0.25, 0.3) is 0 Å². The number of hydrogen-bond acceptors (Lipinski definition) is 4. The zero-order valence-corrected chi connectivity index (χ0v) is 13.1. The van der Waals surface area contributed by atoms with E-state index in [4.69, 9.17) is 0 Å². The van der Waals surface area contributed by atoms with Gasteiger partial charge in [-0.2, -0.15) is 0 Å². The molecule has 2 rings (SSSR count). The Morgan fingerprint density at radius 2 is 1.82 bits per heavy atom. The summed E-state index contributed by atoms with van der Waals surface area (Å²) in [7, 11) is -0.552. The van der Waals surface area contributed by atoms with Crippen molar-refractivity contribution in [3.63, 3.8) is 0 Å². The summed E-state index contributed by atoms with van der Waals surface area (Å²) in [5.74, 6) is -0.197. The normalized spacial score (nSPS) is 12.0. The van der Waals surface area contributed by atoms with Crippen molar-refractivity contribution in [3.05, 3.63) is 66.0 Å². The van der Waals surface area contributed by atoms with E-state index in [1.54, 1.807) is 24.5 Å². The average molecular weight is 316 g/mol. The first-order valence-electron chi connectivity index (χ1n) is 6.56. The number of sulfonamides is 1. The van der Waals surface area contributed by atoms with Crippen molar-refractivity contribution in [1.29, 1.82) is 0 Å². The molecule has 0 spiro atoms. The van der Waals surface area contributed by atoms with Gasteiger partial charge in [0.05, 0.1) is 4.90 Å². The maximum Gasteiger partial charge on any atom is 0.242 e. The summed E-state index contributed by atoms with van der Waals surface area (Å²) in [6.45, 7) is 0. The maximum absolute atomic E-state index is 12.0. The van der Waals surface area contributed by atoms with E-state index in [0.717, 1.165) is 9.87 Å². The number of aromatic nitrogens is 1. The summed E-state index contributed by atoms with van der Waals surface area (Å²) in [4.78, 5) is 16.2. The first kappa shape index (κ1) is 16.1. The second-order valence-corrected chi connectivity index (χ2v) is 6.95. The van der Waals surface area contributed by atoms with E-state index in [1.165, 1.54) is 44.4 Å². The van der Waals surface area contributed by atoms with E-state index in [-0.39, 0.29) is 10.7 Å². The van der Waals surface area contributed by atoms with Crippen LogP contribution in [0.2, 0.25) is 0 Å². The van der Waals surface area contributed by atoms with E-state index < -0.39 is 10.0 Å². The Kier molecular flexibility index (Phi) is 4.85. The molecular formula is C16H16N2O3S. The largest absolute Gasteiger partial charge is 0.289 e. The summed E-state index contributed by atoms with van der Waals surface area (Å²) >= 11 is 0. The predicted octanol–water partition coefficient (Wildman–Crippen LogP) is 2.23. The number of pyridine rings is 1. The molecule has 1 aromatic carbocycles. The number of ketones is 1. The molecule has 0 radical (unpaired) electrons. The van der Waals surface area contributed by atoms with Crippen LogP contribution in [-0.2, 0) is 10.0 Å². The average Bonchev–Trinajstić information content (AvgIpc) is 2.53. The van der Waals surface area contributed by atoms with Crippen LogP contribution in [-0.4, -0.2) is 37.6 Å². The standard InChI is InChI=1S/C16H16N2O3S/c1-18(2)22(20,21)15-8-6-14(7-9-15)16(19)10-5-13-4-3-11-17-12-13/h3-12H,1-2H3/b10-5+. The Balaban J connectivity index is 2.17. The third kappa shape index (κ3) is 3.66. The SMILES string of the molecule is CN(C)S(=O)(=O)c1ccc(C(=O)/C=C/c2cccnc2)cc1. The van der Waals surface area contributed by atoms with Crippen LogP contribution in [0.5, 0.6) is 0 Å². The first-order valence-corrected chi connectivity index (χ1v) is 8.00. The van der Waals surface area contributed by atoms with E-state index in [9.17, 15) is 13.2 Å². The predicted molar refractivity (Wildman–Crippen MR) is 84.9 cm³/mol. The Morgan fingerprint density at radius 3 is 2.36 bits per heavy atom. The molecule has 22 heavy (non-hydrogen) atoms. The molecule has 0 aliphatic rings. The van der Waals surface area contributed by atoms with Crippen molar-refractivity contribution in [3.8, 4) is 0 Å². The van der Waals surface area contributed by atoms with Crippen molar-refractivity contribution in [2.75, 3.05) is 14.1 Å². The molecule has 1 heterocycles. The van der Waals surface area contributed by atoms with Gasteiger partial charge in [-0.15, -0.1) is 0 Å². The monoisotopic (exact) mass is 316 g/mol. The highest BCUT2D eigenvalue weighted by molar-refractivity contribution is 7.89. The van der Waals surface area contributed by atoms with Gasteiger partial charge in [0.15, 0.2) is 5.78 Å². The van der Waals surface area contributed by atoms with Crippen molar-refractivity contribution in [2.45, 2.75) is 4.90 Å². The lowest BCUT2D eigenvalue weighted by atomic mass is 10.1. The quantitative estimate of drug-likeness (QED) is 0.626. The van der Waals surface area contributed by atoms with Crippen molar-refractivity contribution in [2.24, 2.45) is 0 Å². The third-order valence-corrected chi connectivity index (χ3v) is 4.86. The minimum absolute atomic E-state index is 0.158. The minimum atomic E-state index is -3.48. The second-order valence-electron chi connectivity index (χ2n) is 4.80. The summed E-state index contributed by atoms with van der Waals surface area (Å²) in [6.07, 6.45) is 6.41. The first-order chi connectivity index (χ1) is 10.4. The molecule has 0 atom stereocenters. The number of carbonyl (C=O) groups excluding carboxylic acids is 1. The number of allylic oxidation sites excluding steroid dienone is 1. The van der Waals surface area contributed by atoms with Crippen LogP contribution in [0.4, 0.5) is 0 Å². The fraction of sp³-hybridized carbons (Fsp3) is 0.125. The van der Waals surface area contributed by atoms with E-state index in [0.29, 0.717) is 5.56 Å².